The third-order valence-corrected chi connectivity index (χ3v) is 7.81. The maximum atomic E-state index is 12.9. The second kappa shape index (κ2) is 9.06. The lowest BCUT2D eigenvalue weighted by atomic mass is 10.1. The Morgan fingerprint density at radius 3 is 2.06 bits per heavy atom. The van der Waals surface area contributed by atoms with E-state index in [0.717, 1.165) is 17.0 Å². The number of nitrogens with zero attached hydrogens (tertiary/aromatic N) is 3. The highest BCUT2D eigenvalue weighted by Crippen LogP contribution is 2.22. The summed E-state index contributed by atoms with van der Waals surface area (Å²) in [6, 6.07) is 8.28. The average molecular weight is 446 g/mol. The van der Waals surface area contributed by atoms with Crippen LogP contribution in [-0.4, -0.2) is 66.5 Å². The molecule has 1 fully saturated rings. The quantitative estimate of drug-likeness (QED) is 0.612. The fourth-order valence-electron chi connectivity index (χ4n) is 4.28. The molecule has 3 rings (SSSR count). The van der Waals surface area contributed by atoms with Crippen molar-refractivity contribution in [3.05, 3.63) is 52.8 Å². The summed E-state index contributed by atoms with van der Waals surface area (Å²) < 4.78 is 29.4. The molecule has 2 heterocycles. The monoisotopic (exact) mass is 445 g/mol. The van der Waals surface area contributed by atoms with Gasteiger partial charge in [0, 0.05) is 54.7 Å². The van der Waals surface area contributed by atoms with E-state index in [4.69, 9.17) is 0 Å². The van der Waals surface area contributed by atoms with Gasteiger partial charge in [-0.1, -0.05) is 12.1 Å². The lowest BCUT2D eigenvalue weighted by Gasteiger charge is -2.33. The average Bonchev–Trinajstić information content (AvgIpc) is 3.02. The summed E-state index contributed by atoms with van der Waals surface area (Å²) in [5.74, 6) is -0.0347. The van der Waals surface area contributed by atoms with Crippen LogP contribution in [0.4, 0.5) is 0 Å². The molecule has 0 aliphatic carbocycles. The minimum Gasteiger partial charge on any atom is -0.346 e. The standard InChI is InChI=1S/C23H31N3O4S/c1-16(2)26-17(3)14-22(18(26)4)23(28)15-24-10-12-25(13-11-24)31(29,30)21-8-6-20(7-9-21)19(5)27/h6-9,14,16H,10-13,15H2,1-5H3. The van der Waals surface area contributed by atoms with E-state index in [-0.39, 0.29) is 23.0 Å². The molecule has 0 spiro atoms. The number of aryl methyl sites for hydroxylation is 1. The van der Waals surface area contributed by atoms with Gasteiger partial charge in [0.25, 0.3) is 0 Å². The van der Waals surface area contributed by atoms with Crippen LogP contribution in [-0.2, 0) is 10.0 Å². The number of benzene rings is 1. The fraction of sp³-hybridized carbons (Fsp3) is 0.478. The molecule has 0 saturated carbocycles. The predicted molar refractivity (Wildman–Crippen MR) is 120 cm³/mol. The molecule has 7 nitrogen and oxygen atoms in total. The molecule has 1 aliphatic rings. The van der Waals surface area contributed by atoms with Crippen molar-refractivity contribution in [3.63, 3.8) is 0 Å². The van der Waals surface area contributed by atoms with Crippen LogP contribution in [0.3, 0.4) is 0 Å². The van der Waals surface area contributed by atoms with Crippen molar-refractivity contribution in [1.82, 2.24) is 13.8 Å². The van der Waals surface area contributed by atoms with E-state index in [1.807, 2.05) is 24.8 Å². The minimum absolute atomic E-state index is 0.0659. The van der Waals surface area contributed by atoms with Gasteiger partial charge in [0.2, 0.25) is 10.0 Å². The number of Topliss-reactive ketones (excluding diaryl/α,β-unsaturated/α-hetero) is 2. The van der Waals surface area contributed by atoms with Gasteiger partial charge in [-0.3, -0.25) is 14.5 Å². The molecule has 8 heteroatoms. The summed E-state index contributed by atoms with van der Waals surface area (Å²) in [5, 5.41) is 0. The third-order valence-electron chi connectivity index (χ3n) is 5.90. The first-order valence-corrected chi connectivity index (χ1v) is 12.0. The smallest absolute Gasteiger partial charge is 0.243 e. The van der Waals surface area contributed by atoms with Gasteiger partial charge < -0.3 is 4.57 Å². The molecular weight excluding hydrogens is 414 g/mol. The number of ketones is 2. The Morgan fingerprint density at radius 2 is 1.58 bits per heavy atom. The minimum atomic E-state index is -3.62. The van der Waals surface area contributed by atoms with Crippen molar-refractivity contribution in [1.29, 1.82) is 0 Å². The van der Waals surface area contributed by atoms with Crippen molar-refractivity contribution in [2.24, 2.45) is 0 Å². The predicted octanol–water partition coefficient (Wildman–Crippen LogP) is 3.08. The molecule has 31 heavy (non-hydrogen) atoms. The maximum Gasteiger partial charge on any atom is 0.243 e. The number of carbonyl (C=O) groups is 2. The summed E-state index contributed by atoms with van der Waals surface area (Å²) in [6.07, 6.45) is 0. The van der Waals surface area contributed by atoms with Crippen LogP contribution in [0.25, 0.3) is 0 Å². The Kier molecular flexibility index (Phi) is 6.83. The molecule has 0 radical (unpaired) electrons. The first-order valence-electron chi connectivity index (χ1n) is 10.6. The molecule has 0 N–H and O–H groups in total. The number of carbonyl (C=O) groups excluding carboxylic acids is 2. The molecule has 168 valence electrons. The van der Waals surface area contributed by atoms with Gasteiger partial charge in [-0.25, -0.2) is 8.42 Å². The van der Waals surface area contributed by atoms with Gasteiger partial charge >= 0.3 is 0 Å². The van der Waals surface area contributed by atoms with Gasteiger partial charge in [0.1, 0.15) is 0 Å². The molecule has 1 aromatic heterocycles. The van der Waals surface area contributed by atoms with E-state index < -0.39 is 10.0 Å². The van der Waals surface area contributed by atoms with Gasteiger partial charge in [0.05, 0.1) is 11.4 Å². The van der Waals surface area contributed by atoms with Crippen molar-refractivity contribution >= 4 is 21.6 Å². The van der Waals surface area contributed by atoms with Crippen LogP contribution in [0.2, 0.25) is 0 Å². The van der Waals surface area contributed by atoms with Crippen LogP contribution in [0.1, 0.15) is 58.9 Å². The number of rotatable bonds is 7. The topological polar surface area (TPSA) is 79.7 Å². The second-order valence-electron chi connectivity index (χ2n) is 8.43. The Balaban J connectivity index is 1.63. The van der Waals surface area contributed by atoms with Gasteiger partial charge in [0.15, 0.2) is 11.6 Å². The molecule has 1 saturated heterocycles. The SMILES string of the molecule is CC(=O)c1ccc(S(=O)(=O)N2CCN(CC(=O)c3cc(C)n(C(C)C)c3C)CC2)cc1. The largest absolute Gasteiger partial charge is 0.346 e. The molecule has 0 amide bonds. The number of aromatic nitrogens is 1. The zero-order chi connectivity index (χ0) is 22.9. The zero-order valence-corrected chi connectivity index (χ0v) is 19.7. The Labute approximate surface area is 184 Å². The van der Waals surface area contributed by atoms with Crippen molar-refractivity contribution < 1.29 is 18.0 Å². The number of hydrogen-bond donors (Lipinski definition) is 0. The zero-order valence-electron chi connectivity index (χ0n) is 18.9. The van der Waals surface area contributed by atoms with Crippen LogP contribution in [0.5, 0.6) is 0 Å². The van der Waals surface area contributed by atoms with Crippen molar-refractivity contribution in [3.8, 4) is 0 Å². The Morgan fingerprint density at radius 1 is 1.00 bits per heavy atom. The maximum absolute atomic E-state index is 12.9. The molecule has 1 aromatic carbocycles. The van der Waals surface area contributed by atoms with E-state index in [9.17, 15) is 18.0 Å². The van der Waals surface area contributed by atoms with Gasteiger partial charge in [-0.2, -0.15) is 4.31 Å². The normalized spacial score (nSPS) is 16.1. The molecule has 0 bridgehead atoms. The summed E-state index contributed by atoms with van der Waals surface area (Å²) in [5.41, 5.74) is 3.28. The van der Waals surface area contributed by atoms with Crippen LogP contribution in [0.15, 0.2) is 35.2 Å². The summed E-state index contributed by atoms with van der Waals surface area (Å²) >= 11 is 0. The molecule has 0 unspecified atom stereocenters. The van der Waals surface area contributed by atoms with Crippen LogP contribution < -0.4 is 0 Å². The van der Waals surface area contributed by atoms with Crippen LogP contribution >= 0.6 is 0 Å². The highest BCUT2D eigenvalue weighted by Gasteiger charge is 2.29. The van der Waals surface area contributed by atoms with E-state index in [0.29, 0.717) is 37.8 Å². The Bertz CT molecular complexity index is 1080. The third kappa shape index (κ3) is 4.81. The first kappa shape index (κ1) is 23.4. The molecule has 2 aromatic rings. The van der Waals surface area contributed by atoms with E-state index in [1.54, 1.807) is 0 Å². The van der Waals surface area contributed by atoms with Gasteiger partial charge in [-0.05, 0) is 52.8 Å². The highest BCUT2D eigenvalue weighted by atomic mass is 32.2. The summed E-state index contributed by atoms with van der Waals surface area (Å²) in [7, 11) is -3.62. The summed E-state index contributed by atoms with van der Waals surface area (Å²) in [4.78, 5) is 26.5. The van der Waals surface area contributed by atoms with Crippen molar-refractivity contribution in [2.45, 2.75) is 45.6 Å². The lowest BCUT2D eigenvalue weighted by Crippen LogP contribution is -2.49. The van der Waals surface area contributed by atoms with Gasteiger partial charge in [-0.15, -0.1) is 0 Å². The van der Waals surface area contributed by atoms with Crippen molar-refractivity contribution in [2.75, 3.05) is 32.7 Å². The fourth-order valence-corrected chi connectivity index (χ4v) is 5.70. The first-order chi connectivity index (χ1) is 14.5. The lowest BCUT2D eigenvalue weighted by molar-refractivity contribution is 0.0900. The molecular formula is C23H31N3O4S. The number of hydrogen-bond acceptors (Lipinski definition) is 5. The number of sulfonamides is 1. The second-order valence-corrected chi connectivity index (χ2v) is 10.4. The highest BCUT2D eigenvalue weighted by molar-refractivity contribution is 7.89. The van der Waals surface area contributed by atoms with E-state index in [2.05, 4.69) is 18.4 Å². The molecule has 0 atom stereocenters. The Hall–Kier alpha value is -2.29. The number of piperazine rings is 1. The summed E-state index contributed by atoms with van der Waals surface area (Å²) in [6.45, 7) is 11.6. The van der Waals surface area contributed by atoms with E-state index in [1.165, 1.54) is 35.5 Å². The molecule has 1 aliphatic heterocycles. The van der Waals surface area contributed by atoms with Crippen LogP contribution in [0, 0.1) is 13.8 Å². The van der Waals surface area contributed by atoms with E-state index >= 15 is 0 Å².